The summed E-state index contributed by atoms with van der Waals surface area (Å²) in [4.78, 5) is 0. The van der Waals surface area contributed by atoms with Gasteiger partial charge in [-0.15, -0.1) is 0 Å². The number of anilines is 1. The topological polar surface area (TPSA) is 52.0 Å². The van der Waals surface area contributed by atoms with E-state index in [9.17, 15) is 13.2 Å². The van der Waals surface area contributed by atoms with Crippen LogP contribution in [0, 0.1) is 17.5 Å². The summed E-state index contributed by atoms with van der Waals surface area (Å²) in [6.45, 7) is 0. The van der Waals surface area contributed by atoms with E-state index in [0.29, 0.717) is 12.1 Å². The highest BCUT2D eigenvalue weighted by molar-refractivity contribution is 5.70. The molecule has 0 atom stereocenters. The van der Waals surface area contributed by atoms with Gasteiger partial charge in [-0.05, 0) is 0 Å². The summed E-state index contributed by atoms with van der Waals surface area (Å²) in [5.41, 5.74) is 4.83. The average Bonchev–Trinajstić information content (AvgIpc) is 2.50. The van der Waals surface area contributed by atoms with Crippen molar-refractivity contribution in [2.24, 2.45) is 0 Å². The summed E-state index contributed by atoms with van der Waals surface area (Å²) in [7, 11) is 0. The molecule has 1 heterocycles. The molecule has 0 radical (unpaired) electrons. The van der Waals surface area contributed by atoms with E-state index < -0.39 is 23.0 Å². The van der Waals surface area contributed by atoms with Crippen LogP contribution in [0.25, 0.3) is 11.3 Å². The Morgan fingerprint density at radius 2 is 1.73 bits per heavy atom. The molecule has 0 saturated heterocycles. The maximum Gasteiger partial charge on any atom is 0.195 e. The highest BCUT2D eigenvalue weighted by Gasteiger charge is 2.19. The molecule has 0 bridgehead atoms. The molecule has 0 aliphatic rings. The molecule has 15 heavy (non-hydrogen) atoms. The number of halogens is 3. The van der Waals surface area contributed by atoms with Crippen molar-refractivity contribution in [1.82, 2.24) is 5.16 Å². The van der Waals surface area contributed by atoms with Gasteiger partial charge in [0.25, 0.3) is 0 Å². The zero-order valence-electron chi connectivity index (χ0n) is 7.30. The molecule has 2 N–H and O–H groups in total. The second-order valence-corrected chi connectivity index (χ2v) is 2.85. The van der Waals surface area contributed by atoms with Crippen LogP contribution in [0.2, 0.25) is 0 Å². The van der Waals surface area contributed by atoms with Crippen LogP contribution in [0.3, 0.4) is 0 Å². The van der Waals surface area contributed by atoms with Crippen LogP contribution in [-0.4, -0.2) is 5.16 Å². The van der Waals surface area contributed by atoms with Crippen LogP contribution < -0.4 is 5.73 Å². The number of hydrogen-bond acceptors (Lipinski definition) is 3. The summed E-state index contributed by atoms with van der Waals surface area (Å²) < 4.78 is 43.6. The van der Waals surface area contributed by atoms with Crippen molar-refractivity contribution in [3.8, 4) is 11.3 Å². The zero-order valence-corrected chi connectivity index (χ0v) is 7.30. The quantitative estimate of drug-likeness (QED) is 0.792. The minimum Gasteiger partial charge on any atom is -0.394 e. The standard InChI is InChI=1S/C9H5F3N2O/c10-4-1-5(11)8(6(12)2-4)9-7(13)3-14-15-9/h1-3H,13H2. The fraction of sp³-hybridized carbons (Fsp3) is 0. The monoisotopic (exact) mass is 214 g/mol. The number of nitrogens with two attached hydrogens (primary N) is 1. The van der Waals surface area contributed by atoms with Gasteiger partial charge in [-0.2, -0.15) is 0 Å². The molecule has 2 rings (SSSR count). The second kappa shape index (κ2) is 3.30. The summed E-state index contributed by atoms with van der Waals surface area (Å²) in [6, 6.07) is 1.08. The van der Waals surface area contributed by atoms with E-state index in [4.69, 9.17) is 5.73 Å². The number of hydrogen-bond donors (Lipinski definition) is 1. The van der Waals surface area contributed by atoms with Crippen molar-refractivity contribution in [3.05, 3.63) is 35.8 Å². The molecule has 78 valence electrons. The molecule has 0 aliphatic carbocycles. The third-order valence-electron chi connectivity index (χ3n) is 1.83. The SMILES string of the molecule is Nc1cnoc1-c1c(F)cc(F)cc1F. The molecule has 0 fully saturated rings. The lowest BCUT2D eigenvalue weighted by molar-refractivity contribution is 0.426. The number of nitrogens with zero attached hydrogens (tertiary/aromatic N) is 1. The van der Waals surface area contributed by atoms with Gasteiger partial charge in [0.15, 0.2) is 5.76 Å². The molecule has 0 aliphatic heterocycles. The van der Waals surface area contributed by atoms with Crippen molar-refractivity contribution in [3.63, 3.8) is 0 Å². The Morgan fingerprint density at radius 3 is 2.20 bits per heavy atom. The summed E-state index contributed by atoms with van der Waals surface area (Å²) >= 11 is 0. The van der Waals surface area contributed by atoms with Crippen molar-refractivity contribution < 1.29 is 17.7 Å². The molecule has 0 unspecified atom stereocenters. The fourth-order valence-electron chi connectivity index (χ4n) is 1.20. The molecular formula is C9H5F3N2O. The van der Waals surface area contributed by atoms with Gasteiger partial charge in [-0.25, -0.2) is 13.2 Å². The van der Waals surface area contributed by atoms with Crippen molar-refractivity contribution >= 4 is 5.69 Å². The van der Waals surface area contributed by atoms with Gasteiger partial charge in [0, 0.05) is 12.1 Å². The molecule has 0 amide bonds. The second-order valence-electron chi connectivity index (χ2n) is 2.85. The lowest BCUT2D eigenvalue weighted by Gasteiger charge is -2.01. The average molecular weight is 214 g/mol. The fourth-order valence-corrected chi connectivity index (χ4v) is 1.20. The molecule has 1 aromatic carbocycles. The maximum absolute atomic E-state index is 13.2. The molecule has 6 heteroatoms. The van der Waals surface area contributed by atoms with Gasteiger partial charge in [-0.3, -0.25) is 0 Å². The molecule has 0 saturated carbocycles. The summed E-state index contributed by atoms with van der Waals surface area (Å²) in [6.07, 6.45) is 1.11. The first-order valence-electron chi connectivity index (χ1n) is 3.94. The van der Waals surface area contributed by atoms with Gasteiger partial charge in [0.2, 0.25) is 0 Å². The molecule has 2 aromatic rings. The smallest absolute Gasteiger partial charge is 0.195 e. The maximum atomic E-state index is 13.2. The third-order valence-corrected chi connectivity index (χ3v) is 1.83. The van der Waals surface area contributed by atoms with Crippen LogP contribution in [-0.2, 0) is 0 Å². The van der Waals surface area contributed by atoms with E-state index in [1.165, 1.54) is 0 Å². The van der Waals surface area contributed by atoms with Crippen LogP contribution in [0.4, 0.5) is 18.9 Å². The first-order chi connectivity index (χ1) is 7.09. The Morgan fingerprint density at radius 1 is 1.13 bits per heavy atom. The highest BCUT2D eigenvalue weighted by atomic mass is 19.1. The van der Waals surface area contributed by atoms with E-state index in [2.05, 4.69) is 9.68 Å². The van der Waals surface area contributed by atoms with E-state index in [1.54, 1.807) is 0 Å². The minimum atomic E-state index is -1.09. The summed E-state index contributed by atoms with van der Waals surface area (Å²) in [5.74, 6) is -3.43. The Balaban J connectivity index is 2.68. The predicted octanol–water partition coefficient (Wildman–Crippen LogP) is 2.34. The molecular weight excluding hydrogens is 209 g/mol. The zero-order chi connectivity index (χ0) is 11.0. The third kappa shape index (κ3) is 1.54. The van der Waals surface area contributed by atoms with E-state index in [0.717, 1.165) is 6.20 Å². The van der Waals surface area contributed by atoms with Crippen LogP contribution in [0.15, 0.2) is 22.9 Å². The Labute approximate surface area is 82.3 Å². The lowest BCUT2D eigenvalue weighted by Crippen LogP contribution is -1.94. The largest absolute Gasteiger partial charge is 0.394 e. The highest BCUT2D eigenvalue weighted by Crippen LogP contribution is 2.30. The lowest BCUT2D eigenvalue weighted by atomic mass is 10.1. The minimum absolute atomic E-state index is 0.0144. The Hall–Kier alpha value is -1.98. The van der Waals surface area contributed by atoms with Crippen LogP contribution >= 0.6 is 0 Å². The molecule has 0 spiro atoms. The van der Waals surface area contributed by atoms with Gasteiger partial charge in [-0.1, -0.05) is 5.16 Å². The number of aromatic nitrogens is 1. The summed E-state index contributed by atoms with van der Waals surface area (Å²) in [5, 5.41) is 3.28. The van der Waals surface area contributed by atoms with Gasteiger partial charge in [0.05, 0.1) is 11.8 Å². The number of nitrogen functional groups attached to an aromatic ring is 1. The number of rotatable bonds is 1. The first kappa shape index (κ1) is 9.57. The van der Waals surface area contributed by atoms with Crippen molar-refractivity contribution in [2.75, 3.05) is 5.73 Å². The van der Waals surface area contributed by atoms with E-state index >= 15 is 0 Å². The van der Waals surface area contributed by atoms with E-state index in [1.807, 2.05) is 0 Å². The van der Waals surface area contributed by atoms with Crippen molar-refractivity contribution in [1.29, 1.82) is 0 Å². The van der Waals surface area contributed by atoms with Gasteiger partial charge in [0.1, 0.15) is 23.1 Å². The van der Waals surface area contributed by atoms with Crippen molar-refractivity contribution in [2.45, 2.75) is 0 Å². The molecule has 1 aromatic heterocycles. The van der Waals surface area contributed by atoms with Crippen LogP contribution in [0.5, 0.6) is 0 Å². The van der Waals surface area contributed by atoms with Gasteiger partial charge < -0.3 is 10.3 Å². The Kier molecular flexibility index (Phi) is 2.11. The first-order valence-corrected chi connectivity index (χ1v) is 3.94. The predicted molar refractivity (Wildman–Crippen MR) is 46.2 cm³/mol. The van der Waals surface area contributed by atoms with E-state index in [-0.39, 0.29) is 11.4 Å². The van der Waals surface area contributed by atoms with Crippen LogP contribution in [0.1, 0.15) is 0 Å². The number of benzene rings is 1. The molecule has 3 nitrogen and oxygen atoms in total. The normalized spacial score (nSPS) is 10.6. The van der Waals surface area contributed by atoms with Gasteiger partial charge >= 0.3 is 0 Å². The Bertz CT molecular complexity index is 487.